The lowest BCUT2D eigenvalue weighted by Gasteiger charge is -2.35. The van der Waals surface area contributed by atoms with Gasteiger partial charge in [0.15, 0.2) is 0 Å². The fraction of sp³-hybridized carbons (Fsp3) is 0.615. The Labute approximate surface area is 107 Å². The van der Waals surface area contributed by atoms with Crippen molar-refractivity contribution >= 4 is 6.16 Å². The van der Waals surface area contributed by atoms with Gasteiger partial charge in [0, 0.05) is 13.3 Å². The number of allylic oxidation sites excluding steroid dienone is 2. The molecule has 1 aliphatic rings. The molecule has 2 unspecified atom stereocenters. The number of carboxylic acid groups (broad SMARTS) is 1. The monoisotopic (exact) mass is 256 g/mol. The number of rotatable bonds is 4. The third-order valence-electron chi connectivity index (χ3n) is 2.19. The standard InChI is InChI=1S/C13H20O5/c1-12(2,3)9-13(4,18-11(14)15)17-10-7-5-6-8-16-10/h5-8,10H,9H2,1-4H3,(H,14,15). The molecule has 5 heteroatoms. The average Bonchev–Trinajstić information content (AvgIpc) is 2.13. The van der Waals surface area contributed by atoms with Gasteiger partial charge in [0.2, 0.25) is 12.1 Å². The van der Waals surface area contributed by atoms with Gasteiger partial charge in [-0.05, 0) is 17.6 Å². The van der Waals surface area contributed by atoms with Crippen molar-refractivity contribution in [1.29, 1.82) is 0 Å². The molecule has 0 saturated carbocycles. The van der Waals surface area contributed by atoms with E-state index in [4.69, 9.17) is 19.3 Å². The summed E-state index contributed by atoms with van der Waals surface area (Å²) < 4.78 is 15.7. The highest BCUT2D eigenvalue weighted by molar-refractivity contribution is 5.57. The van der Waals surface area contributed by atoms with Crippen LogP contribution in [-0.4, -0.2) is 23.3 Å². The van der Waals surface area contributed by atoms with Crippen LogP contribution in [0.15, 0.2) is 24.5 Å². The minimum absolute atomic E-state index is 0.140. The lowest BCUT2D eigenvalue weighted by Crippen LogP contribution is -2.41. The second kappa shape index (κ2) is 5.44. The largest absolute Gasteiger partial charge is 0.508 e. The normalized spacial score (nSPS) is 22.1. The van der Waals surface area contributed by atoms with Crippen LogP contribution in [-0.2, 0) is 14.2 Å². The van der Waals surface area contributed by atoms with Crippen LogP contribution in [0.3, 0.4) is 0 Å². The van der Waals surface area contributed by atoms with Gasteiger partial charge in [0.05, 0.1) is 6.26 Å². The van der Waals surface area contributed by atoms with Crippen LogP contribution in [0.5, 0.6) is 0 Å². The Hall–Kier alpha value is -1.49. The zero-order valence-corrected chi connectivity index (χ0v) is 11.2. The van der Waals surface area contributed by atoms with Gasteiger partial charge in [-0.2, -0.15) is 0 Å². The summed E-state index contributed by atoms with van der Waals surface area (Å²) in [6.45, 7) is 7.55. The van der Waals surface area contributed by atoms with Crippen molar-refractivity contribution in [2.45, 2.75) is 46.2 Å². The Morgan fingerprint density at radius 3 is 2.44 bits per heavy atom. The van der Waals surface area contributed by atoms with Gasteiger partial charge < -0.3 is 14.6 Å². The van der Waals surface area contributed by atoms with Crippen LogP contribution in [0.1, 0.15) is 34.1 Å². The van der Waals surface area contributed by atoms with Crippen LogP contribution in [0, 0.1) is 5.41 Å². The maximum atomic E-state index is 10.8. The third-order valence-corrected chi connectivity index (χ3v) is 2.19. The predicted molar refractivity (Wildman–Crippen MR) is 65.8 cm³/mol. The van der Waals surface area contributed by atoms with Gasteiger partial charge >= 0.3 is 6.16 Å². The van der Waals surface area contributed by atoms with E-state index in [2.05, 4.69) is 0 Å². The summed E-state index contributed by atoms with van der Waals surface area (Å²) in [7, 11) is 0. The highest BCUT2D eigenvalue weighted by Crippen LogP contribution is 2.32. The first-order chi connectivity index (χ1) is 8.20. The SMILES string of the molecule is CC(C)(C)CC(C)(OC(=O)O)OC1C=CC=CO1. The van der Waals surface area contributed by atoms with Crippen LogP contribution < -0.4 is 0 Å². The van der Waals surface area contributed by atoms with Crippen molar-refractivity contribution < 1.29 is 24.1 Å². The van der Waals surface area contributed by atoms with E-state index < -0.39 is 18.2 Å². The van der Waals surface area contributed by atoms with E-state index in [1.54, 1.807) is 25.2 Å². The number of hydrogen-bond acceptors (Lipinski definition) is 4. The molecule has 0 radical (unpaired) electrons. The summed E-state index contributed by atoms with van der Waals surface area (Å²) in [6, 6.07) is 0. The second-order valence-electron chi connectivity index (χ2n) is 5.57. The molecule has 0 aliphatic carbocycles. The van der Waals surface area contributed by atoms with E-state index in [0.29, 0.717) is 6.42 Å². The molecule has 0 saturated heterocycles. The van der Waals surface area contributed by atoms with E-state index in [1.165, 1.54) is 6.26 Å². The first kappa shape index (κ1) is 14.6. The summed E-state index contributed by atoms with van der Waals surface area (Å²) in [6.07, 6.45) is 5.09. The first-order valence-corrected chi connectivity index (χ1v) is 5.79. The molecule has 1 N–H and O–H groups in total. The molecule has 0 bridgehead atoms. The maximum Gasteiger partial charge on any atom is 0.508 e. The zero-order chi connectivity index (χ0) is 13.8. The van der Waals surface area contributed by atoms with Crippen molar-refractivity contribution in [1.82, 2.24) is 0 Å². The highest BCUT2D eigenvalue weighted by atomic mass is 16.8. The minimum atomic E-state index is -1.36. The summed E-state index contributed by atoms with van der Waals surface area (Å²) in [5.41, 5.74) is -0.140. The summed E-state index contributed by atoms with van der Waals surface area (Å²) >= 11 is 0. The molecule has 2 atom stereocenters. The van der Waals surface area contributed by atoms with E-state index in [0.717, 1.165) is 0 Å². The van der Waals surface area contributed by atoms with Crippen molar-refractivity contribution in [2.24, 2.45) is 5.41 Å². The van der Waals surface area contributed by atoms with Gasteiger partial charge in [-0.1, -0.05) is 26.8 Å². The lowest BCUT2D eigenvalue weighted by atomic mass is 9.88. The molecular formula is C13H20O5. The molecule has 0 aromatic rings. The molecule has 0 amide bonds. The Morgan fingerprint density at radius 1 is 1.33 bits per heavy atom. The molecule has 0 spiro atoms. The van der Waals surface area contributed by atoms with E-state index >= 15 is 0 Å². The van der Waals surface area contributed by atoms with E-state index in [9.17, 15) is 4.79 Å². The fourth-order valence-electron chi connectivity index (χ4n) is 1.93. The molecule has 102 valence electrons. The molecule has 1 heterocycles. The topological polar surface area (TPSA) is 65.0 Å². The molecule has 1 aliphatic heterocycles. The summed E-state index contributed by atoms with van der Waals surface area (Å²) in [4.78, 5) is 10.8. The highest BCUT2D eigenvalue weighted by Gasteiger charge is 2.37. The van der Waals surface area contributed by atoms with E-state index in [1.807, 2.05) is 20.8 Å². The minimum Gasteiger partial charge on any atom is -0.469 e. The van der Waals surface area contributed by atoms with Gasteiger partial charge in [-0.3, -0.25) is 4.74 Å². The van der Waals surface area contributed by atoms with Gasteiger partial charge in [0.1, 0.15) is 0 Å². The Morgan fingerprint density at radius 2 is 2.00 bits per heavy atom. The molecule has 0 aromatic heterocycles. The van der Waals surface area contributed by atoms with Crippen molar-refractivity contribution in [3.63, 3.8) is 0 Å². The van der Waals surface area contributed by atoms with Crippen LogP contribution >= 0.6 is 0 Å². The van der Waals surface area contributed by atoms with Crippen molar-refractivity contribution in [3.8, 4) is 0 Å². The molecule has 0 fully saturated rings. The zero-order valence-electron chi connectivity index (χ0n) is 11.2. The Balaban J connectivity index is 2.73. The second-order valence-corrected chi connectivity index (χ2v) is 5.57. The lowest BCUT2D eigenvalue weighted by molar-refractivity contribution is -0.269. The number of hydrogen-bond donors (Lipinski definition) is 1. The van der Waals surface area contributed by atoms with Gasteiger partial charge in [-0.25, -0.2) is 4.79 Å². The fourth-order valence-corrected chi connectivity index (χ4v) is 1.93. The average molecular weight is 256 g/mol. The smallest absolute Gasteiger partial charge is 0.469 e. The number of carbonyl (C=O) groups is 1. The van der Waals surface area contributed by atoms with Crippen molar-refractivity contribution in [2.75, 3.05) is 0 Å². The maximum absolute atomic E-state index is 10.8. The summed E-state index contributed by atoms with van der Waals surface area (Å²) in [5, 5.41) is 8.80. The molecular weight excluding hydrogens is 236 g/mol. The molecule has 18 heavy (non-hydrogen) atoms. The Bertz CT molecular complexity index is 353. The quantitative estimate of drug-likeness (QED) is 0.617. The van der Waals surface area contributed by atoms with Gasteiger partial charge in [0.25, 0.3) is 0 Å². The van der Waals surface area contributed by atoms with Crippen molar-refractivity contribution in [3.05, 3.63) is 24.5 Å². The first-order valence-electron chi connectivity index (χ1n) is 5.79. The summed E-state index contributed by atoms with van der Waals surface area (Å²) in [5.74, 6) is -1.25. The van der Waals surface area contributed by atoms with Gasteiger partial charge in [-0.15, -0.1) is 0 Å². The molecule has 5 nitrogen and oxygen atoms in total. The third kappa shape index (κ3) is 5.23. The molecule has 1 rings (SSSR count). The molecule has 0 aromatic carbocycles. The van der Waals surface area contributed by atoms with Crippen LogP contribution in [0.2, 0.25) is 0 Å². The number of ether oxygens (including phenoxy) is 3. The van der Waals surface area contributed by atoms with Crippen LogP contribution in [0.25, 0.3) is 0 Å². The predicted octanol–water partition coefficient (Wildman–Crippen LogP) is 3.28. The van der Waals surface area contributed by atoms with E-state index in [-0.39, 0.29) is 5.41 Å². The Kier molecular flexibility index (Phi) is 4.40. The van der Waals surface area contributed by atoms with Crippen LogP contribution in [0.4, 0.5) is 4.79 Å².